The third-order valence-corrected chi connectivity index (χ3v) is 4.18. The molecular formula is C14H28IN. The predicted molar refractivity (Wildman–Crippen MR) is 81.5 cm³/mol. The fraction of sp³-hybridized carbons (Fsp3) is 1.00. The minimum Gasteiger partial charge on any atom is -0.311 e. The zero-order valence-electron chi connectivity index (χ0n) is 10.5. The minimum atomic E-state index is 0. The molecule has 0 saturated heterocycles. The molecule has 2 heteroatoms. The molecule has 2 aliphatic carbocycles. The molecule has 0 spiro atoms. The van der Waals surface area contributed by atoms with Gasteiger partial charge >= 0.3 is 0 Å². The van der Waals surface area contributed by atoms with Gasteiger partial charge in [-0.3, -0.25) is 0 Å². The van der Waals surface area contributed by atoms with E-state index in [2.05, 4.69) is 5.32 Å². The standard InChI is InChI=1S/C14H27N.HI/c1-2-6-10-13(9-5-1)15-14-11-7-3-4-8-12-14;/h13-15H,1-12H2;1H. The first-order chi connectivity index (χ1) is 7.45. The van der Waals surface area contributed by atoms with E-state index in [1.54, 1.807) is 0 Å². The molecule has 96 valence electrons. The van der Waals surface area contributed by atoms with Gasteiger partial charge in [-0.15, -0.1) is 24.0 Å². The Morgan fingerprint density at radius 1 is 0.500 bits per heavy atom. The lowest BCUT2D eigenvalue weighted by atomic mass is 10.0. The number of nitrogens with one attached hydrogen (secondary N) is 1. The molecule has 2 fully saturated rings. The molecule has 0 radical (unpaired) electrons. The predicted octanol–water partition coefficient (Wildman–Crippen LogP) is 4.64. The first kappa shape index (κ1) is 14.7. The Morgan fingerprint density at radius 3 is 1.12 bits per heavy atom. The highest BCUT2D eigenvalue weighted by Crippen LogP contribution is 2.21. The van der Waals surface area contributed by atoms with Crippen LogP contribution in [0.25, 0.3) is 0 Å². The molecular weight excluding hydrogens is 309 g/mol. The van der Waals surface area contributed by atoms with E-state index in [1.165, 1.54) is 77.0 Å². The SMILES string of the molecule is C1CCCC(NC2CCCCCC2)CC1.I. The van der Waals surface area contributed by atoms with Crippen LogP contribution in [0.1, 0.15) is 77.0 Å². The van der Waals surface area contributed by atoms with Crippen molar-refractivity contribution in [2.24, 2.45) is 0 Å². The average Bonchev–Trinajstić information content (AvgIpc) is 2.63. The van der Waals surface area contributed by atoms with Gasteiger partial charge in [-0.05, 0) is 25.7 Å². The molecule has 0 aliphatic heterocycles. The molecule has 1 N–H and O–H groups in total. The van der Waals surface area contributed by atoms with Gasteiger partial charge in [0, 0.05) is 12.1 Å². The second-order valence-electron chi connectivity index (χ2n) is 5.54. The van der Waals surface area contributed by atoms with Gasteiger partial charge < -0.3 is 5.32 Å². The quantitative estimate of drug-likeness (QED) is 0.572. The Labute approximate surface area is 118 Å². The average molecular weight is 337 g/mol. The fourth-order valence-corrected chi connectivity index (χ4v) is 3.23. The maximum absolute atomic E-state index is 3.94. The number of hydrogen-bond acceptors (Lipinski definition) is 1. The van der Waals surface area contributed by atoms with Crippen LogP contribution in [0.2, 0.25) is 0 Å². The van der Waals surface area contributed by atoms with Crippen LogP contribution in [0.3, 0.4) is 0 Å². The molecule has 0 atom stereocenters. The summed E-state index contributed by atoms with van der Waals surface area (Å²) >= 11 is 0. The molecule has 0 aromatic rings. The largest absolute Gasteiger partial charge is 0.311 e. The molecule has 0 aromatic heterocycles. The van der Waals surface area contributed by atoms with E-state index in [1.807, 2.05) is 0 Å². The summed E-state index contributed by atoms with van der Waals surface area (Å²) in [6.07, 6.45) is 17.5. The van der Waals surface area contributed by atoms with Crippen LogP contribution < -0.4 is 5.32 Å². The lowest BCUT2D eigenvalue weighted by Gasteiger charge is -2.23. The molecule has 0 amide bonds. The van der Waals surface area contributed by atoms with Crippen molar-refractivity contribution in [3.8, 4) is 0 Å². The minimum absolute atomic E-state index is 0. The number of rotatable bonds is 2. The van der Waals surface area contributed by atoms with E-state index in [-0.39, 0.29) is 24.0 Å². The molecule has 16 heavy (non-hydrogen) atoms. The van der Waals surface area contributed by atoms with Gasteiger partial charge in [0.05, 0.1) is 0 Å². The monoisotopic (exact) mass is 337 g/mol. The molecule has 2 saturated carbocycles. The van der Waals surface area contributed by atoms with Crippen molar-refractivity contribution in [3.05, 3.63) is 0 Å². The Balaban J connectivity index is 0.00000128. The first-order valence-corrected chi connectivity index (χ1v) is 7.21. The molecule has 0 bridgehead atoms. The van der Waals surface area contributed by atoms with Crippen molar-refractivity contribution in [2.45, 2.75) is 89.1 Å². The van der Waals surface area contributed by atoms with Gasteiger partial charge in [-0.2, -0.15) is 0 Å². The van der Waals surface area contributed by atoms with Gasteiger partial charge in [-0.1, -0.05) is 51.4 Å². The van der Waals surface area contributed by atoms with E-state index < -0.39 is 0 Å². The lowest BCUT2D eigenvalue weighted by Crippen LogP contribution is -2.37. The van der Waals surface area contributed by atoms with E-state index in [4.69, 9.17) is 0 Å². The summed E-state index contributed by atoms with van der Waals surface area (Å²) in [5, 5.41) is 3.94. The van der Waals surface area contributed by atoms with Crippen molar-refractivity contribution < 1.29 is 0 Å². The summed E-state index contributed by atoms with van der Waals surface area (Å²) in [5.74, 6) is 0. The van der Waals surface area contributed by atoms with Gasteiger partial charge in [-0.25, -0.2) is 0 Å². The van der Waals surface area contributed by atoms with Gasteiger partial charge in [0.15, 0.2) is 0 Å². The van der Waals surface area contributed by atoms with E-state index in [0.717, 1.165) is 12.1 Å². The van der Waals surface area contributed by atoms with Crippen LogP contribution in [0, 0.1) is 0 Å². The highest BCUT2D eigenvalue weighted by molar-refractivity contribution is 14.0. The van der Waals surface area contributed by atoms with Gasteiger partial charge in [0.1, 0.15) is 0 Å². The van der Waals surface area contributed by atoms with Crippen molar-refractivity contribution >= 4 is 24.0 Å². The second-order valence-corrected chi connectivity index (χ2v) is 5.54. The highest BCUT2D eigenvalue weighted by atomic mass is 127. The van der Waals surface area contributed by atoms with Crippen LogP contribution in [0.5, 0.6) is 0 Å². The Hall–Kier alpha value is 0.690. The zero-order chi connectivity index (χ0) is 10.3. The maximum Gasteiger partial charge on any atom is 0.00696 e. The third-order valence-electron chi connectivity index (χ3n) is 4.18. The highest BCUT2D eigenvalue weighted by Gasteiger charge is 2.17. The Morgan fingerprint density at radius 2 is 0.812 bits per heavy atom. The lowest BCUT2D eigenvalue weighted by molar-refractivity contribution is 0.366. The first-order valence-electron chi connectivity index (χ1n) is 7.21. The summed E-state index contributed by atoms with van der Waals surface area (Å²) in [6, 6.07) is 1.71. The van der Waals surface area contributed by atoms with Crippen molar-refractivity contribution in [1.82, 2.24) is 5.32 Å². The van der Waals surface area contributed by atoms with Crippen molar-refractivity contribution in [2.75, 3.05) is 0 Å². The second kappa shape index (κ2) is 8.73. The van der Waals surface area contributed by atoms with Gasteiger partial charge in [0.2, 0.25) is 0 Å². The van der Waals surface area contributed by atoms with Crippen molar-refractivity contribution in [1.29, 1.82) is 0 Å². The molecule has 2 rings (SSSR count). The normalized spacial score (nSPS) is 25.5. The number of halogens is 1. The fourth-order valence-electron chi connectivity index (χ4n) is 3.23. The molecule has 0 heterocycles. The Kier molecular flexibility index (Phi) is 8.05. The molecule has 1 nitrogen and oxygen atoms in total. The number of hydrogen-bond donors (Lipinski definition) is 1. The van der Waals surface area contributed by atoms with Gasteiger partial charge in [0.25, 0.3) is 0 Å². The summed E-state index contributed by atoms with van der Waals surface area (Å²) < 4.78 is 0. The smallest absolute Gasteiger partial charge is 0.00696 e. The molecule has 0 aromatic carbocycles. The van der Waals surface area contributed by atoms with Crippen LogP contribution in [-0.2, 0) is 0 Å². The Bertz CT molecular complexity index is 138. The summed E-state index contributed by atoms with van der Waals surface area (Å²) in [4.78, 5) is 0. The van der Waals surface area contributed by atoms with E-state index >= 15 is 0 Å². The molecule has 0 unspecified atom stereocenters. The van der Waals surface area contributed by atoms with Crippen LogP contribution in [-0.4, -0.2) is 12.1 Å². The maximum atomic E-state index is 3.94. The van der Waals surface area contributed by atoms with Crippen LogP contribution in [0.4, 0.5) is 0 Å². The third kappa shape index (κ3) is 5.35. The zero-order valence-corrected chi connectivity index (χ0v) is 12.9. The van der Waals surface area contributed by atoms with E-state index in [9.17, 15) is 0 Å². The summed E-state index contributed by atoms with van der Waals surface area (Å²) in [6.45, 7) is 0. The topological polar surface area (TPSA) is 12.0 Å². The van der Waals surface area contributed by atoms with Crippen molar-refractivity contribution in [3.63, 3.8) is 0 Å². The molecule has 2 aliphatic rings. The summed E-state index contributed by atoms with van der Waals surface area (Å²) in [5.41, 5.74) is 0. The van der Waals surface area contributed by atoms with E-state index in [0.29, 0.717) is 0 Å². The summed E-state index contributed by atoms with van der Waals surface area (Å²) in [7, 11) is 0. The van der Waals surface area contributed by atoms with Crippen LogP contribution in [0.15, 0.2) is 0 Å². The van der Waals surface area contributed by atoms with Crippen LogP contribution >= 0.6 is 24.0 Å².